The van der Waals surface area contributed by atoms with Crippen molar-refractivity contribution in [2.75, 3.05) is 25.0 Å². The first-order valence-corrected chi connectivity index (χ1v) is 10.9. The number of anilines is 1. The zero-order valence-electron chi connectivity index (χ0n) is 16.8. The van der Waals surface area contributed by atoms with E-state index in [1.807, 2.05) is 18.2 Å². The number of carboxylic acids is 1. The molecule has 7 nitrogen and oxygen atoms in total. The van der Waals surface area contributed by atoms with E-state index < -0.39 is 5.97 Å². The molecule has 8 heteroatoms. The summed E-state index contributed by atoms with van der Waals surface area (Å²) in [7, 11) is 0. The maximum Gasteiger partial charge on any atom is 0.306 e. The highest BCUT2D eigenvalue weighted by molar-refractivity contribution is 7.19. The number of nitrogens with one attached hydrogen (secondary N) is 1. The lowest BCUT2D eigenvalue weighted by Crippen LogP contribution is -2.40. The van der Waals surface area contributed by atoms with Crippen LogP contribution in [0.2, 0.25) is 0 Å². The van der Waals surface area contributed by atoms with E-state index in [2.05, 4.69) is 34.3 Å². The SMILES string of the molecule is Cc1sc2ncnc(NCCC(=O)N3CCC(C(=O)O)CC3)c2c1-c1ccccc1. The third-order valence-electron chi connectivity index (χ3n) is 5.56. The smallest absolute Gasteiger partial charge is 0.306 e. The van der Waals surface area contributed by atoms with Crippen molar-refractivity contribution >= 4 is 39.2 Å². The number of amides is 1. The van der Waals surface area contributed by atoms with Crippen LogP contribution in [0.3, 0.4) is 0 Å². The molecule has 0 atom stereocenters. The molecule has 1 aromatic carbocycles. The lowest BCUT2D eigenvalue weighted by atomic mass is 9.97. The minimum atomic E-state index is -0.767. The molecule has 1 saturated heterocycles. The van der Waals surface area contributed by atoms with Crippen molar-refractivity contribution in [1.82, 2.24) is 14.9 Å². The quantitative estimate of drug-likeness (QED) is 0.625. The maximum atomic E-state index is 12.5. The van der Waals surface area contributed by atoms with E-state index in [4.69, 9.17) is 5.11 Å². The number of hydrogen-bond donors (Lipinski definition) is 2. The van der Waals surface area contributed by atoms with Gasteiger partial charge < -0.3 is 15.3 Å². The second-order valence-electron chi connectivity index (χ2n) is 7.47. The van der Waals surface area contributed by atoms with Crippen LogP contribution in [0.25, 0.3) is 21.3 Å². The van der Waals surface area contributed by atoms with Gasteiger partial charge in [0.2, 0.25) is 5.91 Å². The van der Waals surface area contributed by atoms with Crippen molar-refractivity contribution in [3.63, 3.8) is 0 Å². The van der Waals surface area contributed by atoms with E-state index in [0.717, 1.165) is 27.2 Å². The van der Waals surface area contributed by atoms with Gasteiger partial charge in [-0.25, -0.2) is 9.97 Å². The van der Waals surface area contributed by atoms with Crippen molar-refractivity contribution in [3.8, 4) is 11.1 Å². The summed E-state index contributed by atoms with van der Waals surface area (Å²) >= 11 is 1.64. The second kappa shape index (κ2) is 8.79. The number of benzene rings is 1. The number of piperidine rings is 1. The van der Waals surface area contributed by atoms with Crippen molar-refractivity contribution in [3.05, 3.63) is 41.5 Å². The third kappa shape index (κ3) is 4.14. The summed E-state index contributed by atoms with van der Waals surface area (Å²) in [6.07, 6.45) is 2.94. The number of carbonyl (C=O) groups is 2. The number of carboxylic acid groups (broad SMARTS) is 1. The molecule has 3 heterocycles. The highest BCUT2D eigenvalue weighted by Crippen LogP contribution is 2.40. The van der Waals surface area contributed by atoms with E-state index in [0.29, 0.717) is 38.9 Å². The van der Waals surface area contributed by atoms with Gasteiger partial charge >= 0.3 is 5.97 Å². The van der Waals surface area contributed by atoms with Crippen LogP contribution >= 0.6 is 11.3 Å². The number of thiophene rings is 1. The number of hydrogen-bond acceptors (Lipinski definition) is 6. The fraction of sp³-hybridized carbons (Fsp3) is 0.364. The van der Waals surface area contributed by atoms with Crippen LogP contribution in [0, 0.1) is 12.8 Å². The molecule has 1 aliphatic rings. The number of carbonyl (C=O) groups excluding carboxylic acids is 1. The first-order valence-electron chi connectivity index (χ1n) is 10.1. The number of aliphatic carboxylic acids is 1. The Morgan fingerprint density at radius 2 is 1.93 bits per heavy atom. The normalized spacial score (nSPS) is 14.8. The van der Waals surface area contributed by atoms with E-state index >= 15 is 0 Å². The van der Waals surface area contributed by atoms with E-state index in [1.165, 1.54) is 4.88 Å². The first kappa shape index (κ1) is 20.3. The molecular formula is C22H24N4O3S. The minimum Gasteiger partial charge on any atom is -0.481 e. The summed E-state index contributed by atoms with van der Waals surface area (Å²) in [6.45, 7) is 3.57. The number of nitrogens with zero attached hydrogens (tertiary/aromatic N) is 3. The second-order valence-corrected chi connectivity index (χ2v) is 8.67. The van der Waals surface area contributed by atoms with Crippen LogP contribution in [-0.4, -0.2) is 51.5 Å². The largest absolute Gasteiger partial charge is 0.481 e. The van der Waals surface area contributed by atoms with Gasteiger partial charge in [0, 0.05) is 36.5 Å². The lowest BCUT2D eigenvalue weighted by Gasteiger charge is -2.30. The zero-order chi connectivity index (χ0) is 21.1. The third-order valence-corrected chi connectivity index (χ3v) is 6.57. The Morgan fingerprint density at radius 3 is 2.63 bits per heavy atom. The molecule has 3 aromatic rings. The van der Waals surface area contributed by atoms with Gasteiger partial charge in [-0.3, -0.25) is 9.59 Å². The average Bonchev–Trinajstić information content (AvgIpc) is 3.11. The van der Waals surface area contributed by atoms with Gasteiger partial charge in [-0.05, 0) is 25.3 Å². The molecule has 0 aliphatic carbocycles. The van der Waals surface area contributed by atoms with Crippen molar-refractivity contribution < 1.29 is 14.7 Å². The maximum absolute atomic E-state index is 12.5. The number of aromatic nitrogens is 2. The summed E-state index contributed by atoms with van der Waals surface area (Å²) < 4.78 is 0. The average molecular weight is 425 g/mol. The Balaban J connectivity index is 1.45. The molecule has 30 heavy (non-hydrogen) atoms. The van der Waals surface area contributed by atoms with E-state index in [-0.39, 0.29) is 11.8 Å². The Labute approximate surface area is 178 Å². The van der Waals surface area contributed by atoms with Crippen LogP contribution in [0.15, 0.2) is 36.7 Å². The van der Waals surface area contributed by atoms with Gasteiger partial charge in [0.05, 0.1) is 11.3 Å². The fourth-order valence-corrected chi connectivity index (χ4v) is 4.97. The topological polar surface area (TPSA) is 95.4 Å². The molecule has 1 amide bonds. The molecule has 2 N–H and O–H groups in total. The highest BCUT2D eigenvalue weighted by Gasteiger charge is 2.26. The van der Waals surface area contributed by atoms with Gasteiger partial charge in [-0.1, -0.05) is 30.3 Å². The molecule has 0 saturated carbocycles. The van der Waals surface area contributed by atoms with Crippen molar-refractivity contribution in [1.29, 1.82) is 0 Å². The summed E-state index contributed by atoms with van der Waals surface area (Å²) in [5.74, 6) is -0.321. The molecule has 1 fully saturated rings. The number of likely N-dealkylation sites (tertiary alicyclic amines) is 1. The first-order chi connectivity index (χ1) is 14.5. The van der Waals surface area contributed by atoms with Gasteiger partial charge in [-0.2, -0.15) is 0 Å². The number of aryl methyl sites for hydroxylation is 1. The fourth-order valence-electron chi connectivity index (χ4n) is 3.95. The molecule has 0 unspecified atom stereocenters. The van der Waals surface area contributed by atoms with Crippen LogP contribution in [0.4, 0.5) is 5.82 Å². The highest BCUT2D eigenvalue weighted by atomic mass is 32.1. The summed E-state index contributed by atoms with van der Waals surface area (Å²) in [5, 5.41) is 13.4. The van der Waals surface area contributed by atoms with Crippen molar-refractivity contribution in [2.45, 2.75) is 26.2 Å². The standard InChI is InChI=1S/C22H24N4O3S/c1-14-18(15-5-3-2-4-6-15)19-20(24-13-25-21(19)30-14)23-10-7-17(27)26-11-8-16(9-12-26)22(28)29/h2-6,13,16H,7-12H2,1H3,(H,28,29)(H,23,24,25). The van der Waals surface area contributed by atoms with Gasteiger partial charge in [-0.15, -0.1) is 11.3 Å². The Kier molecular flexibility index (Phi) is 5.94. The molecule has 4 rings (SSSR count). The monoisotopic (exact) mass is 424 g/mol. The number of fused-ring (bicyclic) bond motifs is 1. The van der Waals surface area contributed by atoms with Gasteiger partial charge in [0.1, 0.15) is 17.0 Å². The Bertz CT molecular complexity index is 1060. The number of rotatable bonds is 6. The zero-order valence-corrected chi connectivity index (χ0v) is 17.6. The molecular weight excluding hydrogens is 400 g/mol. The Morgan fingerprint density at radius 1 is 1.20 bits per heavy atom. The predicted octanol–water partition coefficient (Wildman–Crippen LogP) is 3.79. The molecule has 2 aromatic heterocycles. The van der Waals surface area contributed by atoms with Crippen LogP contribution in [-0.2, 0) is 9.59 Å². The van der Waals surface area contributed by atoms with E-state index in [1.54, 1.807) is 22.6 Å². The minimum absolute atomic E-state index is 0.0430. The van der Waals surface area contributed by atoms with Crippen LogP contribution in [0.5, 0.6) is 0 Å². The molecule has 156 valence electrons. The summed E-state index contributed by atoms with van der Waals surface area (Å²) in [6, 6.07) is 10.2. The lowest BCUT2D eigenvalue weighted by molar-refractivity contribution is -0.145. The summed E-state index contributed by atoms with van der Waals surface area (Å²) in [5.41, 5.74) is 2.25. The Hall–Kier alpha value is -3.00. The summed E-state index contributed by atoms with van der Waals surface area (Å²) in [4.78, 5) is 36.3. The van der Waals surface area contributed by atoms with Gasteiger partial charge in [0.15, 0.2) is 0 Å². The van der Waals surface area contributed by atoms with Crippen LogP contribution < -0.4 is 5.32 Å². The van der Waals surface area contributed by atoms with Gasteiger partial charge in [0.25, 0.3) is 0 Å². The molecule has 1 aliphatic heterocycles. The van der Waals surface area contributed by atoms with Crippen LogP contribution in [0.1, 0.15) is 24.1 Å². The van der Waals surface area contributed by atoms with Crippen molar-refractivity contribution in [2.24, 2.45) is 5.92 Å². The molecule has 0 radical (unpaired) electrons. The predicted molar refractivity (Wildman–Crippen MR) is 118 cm³/mol. The molecule has 0 bridgehead atoms. The molecule has 0 spiro atoms. The van der Waals surface area contributed by atoms with E-state index in [9.17, 15) is 9.59 Å².